The summed E-state index contributed by atoms with van der Waals surface area (Å²) in [5, 5.41) is 1.23. The lowest BCUT2D eigenvalue weighted by molar-refractivity contribution is 0.104. The highest BCUT2D eigenvalue weighted by Gasteiger charge is 2.19. The predicted octanol–water partition coefficient (Wildman–Crippen LogP) is 7.54. The second-order valence-electron chi connectivity index (χ2n) is 7.95. The fourth-order valence-corrected chi connectivity index (χ4v) is 4.14. The Hall–Kier alpha value is -4.41. The zero-order valence-electron chi connectivity index (χ0n) is 18.6. The van der Waals surface area contributed by atoms with Gasteiger partial charge < -0.3 is 9.72 Å². The Morgan fingerprint density at radius 3 is 2.29 bits per heavy atom. The summed E-state index contributed by atoms with van der Waals surface area (Å²) in [4.78, 5) is 29.2. The largest absolute Gasteiger partial charge is 0.457 e. The normalized spacial score (nSPS) is 11.1. The van der Waals surface area contributed by atoms with Crippen molar-refractivity contribution in [3.8, 4) is 22.6 Å². The first-order valence-corrected chi connectivity index (χ1v) is 11.4. The van der Waals surface area contributed by atoms with Gasteiger partial charge >= 0.3 is 0 Å². The van der Waals surface area contributed by atoms with Crippen LogP contribution in [-0.4, -0.2) is 10.8 Å². The van der Waals surface area contributed by atoms with Gasteiger partial charge in [-0.25, -0.2) is 0 Å². The zero-order chi connectivity index (χ0) is 24.2. The fourth-order valence-electron chi connectivity index (χ4n) is 3.97. The molecule has 0 fully saturated rings. The number of ether oxygens (including phenoxy) is 1. The molecule has 170 valence electrons. The van der Waals surface area contributed by atoms with Gasteiger partial charge in [0.05, 0.1) is 5.56 Å². The summed E-state index contributed by atoms with van der Waals surface area (Å²) in [7, 11) is 0. The van der Waals surface area contributed by atoms with Crippen LogP contribution in [0.4, 0.5) is 0 Å². The maximum atomic E-state index is 13.4. The number of allylic oxidation sites excluding steroid dienone is 1. The number of carbonyl (C=O) groups is 1. The van der Waals surface area contributed by atoms with Crippen molar-refractivity contribution in [1.29, 1.82) is 0 Å². The van der Waals surface area contributed by atoms with Crippen molar-refractivity contribution in [2.24, 2.45) is 0 Å². The molecule has 4 nitrogen and oxygen atoms in total. The van der Waals surface area contributed by atoms with E-state index in [1.54, 1.807) is 24.3 Å². The molecule has 1 N–H and O–H groups in total. The number of aromatic amines is 1. The van der Waals surface area contributed by atoms with Crippen LogP contribution in [0.15, 0.2) is 114 Å². The molecule has 0 atom stereocenters. The molecular weight excluding hydrogens is 458 g/mol. The van der Waals surface area contributed by atoms with Gasteiger partial charge in [0.1, 0.15) is 11.5 Å². The number of ketones is 1. The van der Waals surface area contributed by atoms with Crippen molar-refractivity contribution >= 4 is 34.4 Å². The summed E-state index contributed by atoms with van der Waals surface area (Å²) in [5.74, 6) is 0.967. The van der Waals surface area contributed by atoms with Gasteiger partial charge in [-0.3, -0.25) is 9.59 Å². The zero-order valence-corrected chi connectivity index (χ0v) is 19.3. The first-order valence-electron chi connectivity index (χ1n) is 11.0. The molecule has 0 amide bonds. The van der Waals surface area contributed by atoms with Crippen LogP contribution in [0, 0.1) is 0 Å². The summed E-state index contributed by atoms with van der Waals surface area (Å²) in [5.41, 5.74) is 2.33. The number of pyridine rings is 1. The molecule has 5 heteroatoms. The van der Waals surface area contributed by atoms with Gasteiger partial charge in [-0.15, -0.1) is 0 Å². The molecule has 0 unspecified atom stereocenters. The van der Waals surface area contributed by atoms with Gasteiger partial charge in [0.2, 0.25) is 0 Å². The van der Waals surface area contributed by atoms with E-state index in [-0.39, 0.29) is 5.56 Å². The minimum absolute atomic E-state index is 0.0684. The summed E-state index contributed by atoms with van der Waals surface area (Å²) in [6.45, 7) is 0. The van der Waals surface area contributed by atoms with E-state index in [1.165, 1.54) is 6.08 Å². The first-order chi connectivity index (χ1) is 17.1. The molecule has 0 aliphatic heterocycles. The topological polar surface area (TPSA) is 59.2 Å². The van der Waals surface area contributed by atoms with Gasteiger partial charge in [0.15, 0.2) is 5.78 Å². The average molecular weight is 478 g/mol. The molecule has 5 rings (SSSR count). The molecule has 0 saturated heterocycles. The number of fused-ring (bicyclic) bond motifs is 1. The number of hydrogen-bond acceptors (Lipinski definition) is 3. The van der Waals surface area contributed by atoms with Crippen molar-refractivity contribution in [1.82, 2.24) is 4.98 Å². The van der Waals surface area contributed by atoms with Crippen LogP contribution in [0.1, 0.15) is 15.9 Å². The summed E-state index contributed by atoms with van der Waals surface area (Å²) < 4.78 is 5.88. The molecule has 0 spiro atoms. The lowest BCUT2D eigenvalue weighted by Gasteiger charge is -2.12. The summed E-state index contributed by atoms with van der Waals surface area (Å²) >= 11 is 6.26. The van der Waals surface area contributed by atoms with Crippen molar-refractivity contribution < 1.29 is 9.53 Å². The monoisotopic (exact) mass is 477 g/mol. The van der Waals surface area contributed by atoms with Gasteiger partial charge in [-0.1, -0.05) is 78.3 Å². The molecule has 0 aliphatic rings. The summed E-state index contributed by atoms with van der Waals surface area (Å²) in [6, 6.07) is 31.4. The molecule has 0 aliphatic carbocycles. The van der Waals surface area contributed by atoms with Crippen molar-refractivity contribution in [2.45, 2.75) is 0 Å². The number of hydrogen-bond donors (Lipinski definition) is 1. The minimum Gasteiger partial charge on any atom is -0.457 e. The van der Waals surface area contributed by atoms with E-state index in [0.29, 0.717) is 27.2 Å². The molecule has 1 aromatic heterocycles. The average Bonchev–Trinajstić information content (AvgIpc) is 2.88. The number of H-pyrrole nitrogens is 1. The van der Waals surface area contributed by atoms with Gasteiger partial charge in [-0.2, -0.15) is 0 Å². The highest BCUT2D eigenvalue weighted by molar-refractivity contribution is 6.31. The van der Waals surface area contributed by atoms with Crippen LogP contribution in [-0.2, 0) is 0 Å². The smallest absolute Gasteiger partial charge is 0.260 e. The van der Waals surface area contributed by atoms with Gasteiger partial charge in [-0.05, 0) is 59.7 Å². The van der Waals surface area contributed by atoms with Crippen LogP contribution < -0.4 is 10.3 Å². The van der Waals surface area contributed by atoms with E-state index in [1.807, 2.05) is 84.9 Å². The number of halogens is 1. The molecule has 5 aromatic rings. The van der Waals surface area contributed by atoms with Gasteiger partial charge in [0.25, 0.3) is 5.56 Å². The van der Waals surface area contributed by atoms with E-state index in [0.717, 1.165) is 16.9 Å². The lowest BCUT2D eigenvalue weighted by atomic mass is 9.94. The third kappa shape index (κ3) is 4.93. The number of para-hydroxylation sites is 1. The van der Waals surface area contributed by atoms with E-state index in [4.69, 9.17) is 16.3 Å². The summed E-state index contributed by atoms with van der Waals surface area (Å²) in [6.07, 6.45) is 3.09. The van der Waals surface area contributed by atoms with Crippen LogP contribution >= 0.6 is 11.6 Å². The number of benzene rings is 4. The van der Waals surface area contributed by atoms with Crippen molar-refractivity contribution in [3.05, 3.63) is 136 Å². The second kappa shape index (κ2) is 9.84. The number of aromatic nitrogens is 1. The molecule has 1 heterocycles. The highest BCUT2D eigenvalue weighted by atomic mass is 35.5. The standard InChI is InChI=1S/C30H20ClNO3/c31-22-15-16-26-25(19-22)28(21-9-3-1-4-10-21)29(30(34)32-26)27(33)17-14-20-8-7-13-24(18-20)35-23-11-5-2-6-12-23/h1-19H,(H,32,34). The highest BCUT2D eigenvalue weighted by Crippen LogP contribution is 2.32. The predicted molar refractivity (Wildman–Crippen MR) is 141 cm³/mol. The fraction of sp³-hybridized carbons (Fsp3) is 0. The van der Waals surface area contributed by atoms with E-state index >= 15 is 0 Å². The van der Waals surface area contributed by atoms with E-state index in [9.17, 15) is 9.59 Å². The molecule has 0 saturated carbocycles. The molecule has 35 heavy (non-hydrogen) atoms. The Morgan fingerprint density at radius 1 is 0.800 bits per heavy atom. The lowest BCUT2D eigenvalue weighted by Crippen LogP contribution is -2.18. The number of nitrogens with one attached hydrogen (secondary N) is 1. The van der Waals surface area contributed by atoms with Gasteiger partial charge in [0, 0.05) is 21.5 Å². The third-order valence-electron chi connectivity index (χ3n) is 5.55. The van der Waals surface area contributed by atoms with E-state index < -0.39 is 11.3 Å². The quantitative estimate of drug-likeness (QED) is 0.203. The third-order valence-corrected chi connectivity index (χ3v) is 5.78. The Kier molecular flexibility index (Phi) is 6.29. The molecule has 4 aromatic carbocycles. The number of rotatable bonds is 6. The maximum absolute atomic E-state index is 13.4. The van der Waals surface area contributed by atoms with E-state index in [2.05, 4.69) is 4.98 Å². The number of carbonyl (C=O) groups excluding carboxylic acids is 1. The van der Waals surface area contributed by atoms with Crippen molar-refractivity contribution in [2.75, 3.05) is 0 Å². The minimum atomic E-state index is -0.450. The SMILES string of the molecule is O=C(C=Cc1cccc(Oc2ccccc2)c1)c1c(-c2ccccc2)c2cc(Cl)ccc2[nH]c1=O. The molecule has 0 radical (unpaired) electrons. The Morgan fingerprint density at radius 2 is 1.51 bits per heavy atom. The van der Waals surface area contributed by atoms with Crippen LogP contribution in [0.25, 0.3) is 28.1 Å². The second-order valence-corrected chi connectivity index (χ2v) is 8.38. The molecule has 0 bridgehead atoms. The molecular formula is C30H20ClNO3. The Balaban J connectivity index is 1.54. The first kappa shape index (κ1) is 22.4. The van der Waals surface area contributed by atoms with Crippen LogP contribution in [0.5, 0.6) is 11.5 Å². The van der Waals surface area contributed by atoms with Crippen LogP contribution in [0.3, 0.4) is 0 Å². The Bertz CT molecular complexity index is 1610. The maximum Gasteiger partial charge on any atom is 0.260 e. The van der Waals surface area contributed by atoms with Crippen molar-refractivity contribution in [3.63, 3.8) is 0 Å². The Labute approximate surface area is 207 Å². The van der Waals surface area contributed by atoms with Crippen LogP contribution in [0.2, 0.25) is 5.02 Å².